The fourth-order valence-corrected chi connectivity index (χ4v) is 1.71. The lowest BCUT2D eigenvalue weighted by Gasteiger charge is -2.24. The molecule has 1 aromatic heterocycles. The van der Waals surface area contributed by atoms with Crippen LogP contribution in [-0.4, -0.2) is 45.2 Å². The summed E-state index contributed by atoms with van der Waals surface area (Å²) in [5, 5.41) is 16.8. The van der Waals surface area contributed by atoms with Gasteiger partial charge in [-0.3, -0.25) is 4.79 Å². The van der Waals surface area contributed by atoms with Gasteiger partial charge in [-0.15, -0.1) is 0 Å². The van der Waals surface area contributed by atoms with E-state index in [1.807, 2.05) is 0 Å². The Morgan fingerprint density at radius 3 is 2.50 bits per heavy atom. The quantitative estimate of drug-likeness (QED) is 0.864. The number of aliphatic carboxylic acids is 1. The van der Waals surface area contributed by atoms with Crippen LogP contribution in [-0.2, 0) is 4.79 Å². The number of aryl methyl sites for hydroxylation is 2. The molecule has 98 valence electrons. The van der Waals surface area contributed by atoms with Gasteiger partial charge in [0.2, 0.25) is 0 Å². The highest BCUT2D eigenvalue weighted by Gasteiger charge is 2.26. The van der Waals surface area contributed by atoms with Gasteiger partial charge in [-0.1, -0.05) is 6.92 Å². The third-order valence-corrected chi connectivity index (χ3v) is 2.79. The largest absolute Gasteiger partial charge is 0.480 e. The van der Waals surface area contributed by atoms with Crippen molar-refractivity contribution in [3.8, 4) is 0 Å². The van der Waals surface area contributed by atoms with Crippen molar-refractivity contribution < 1.29 is 14.7 Å². The summed E-state index contributed by atoms with van der Waals surface area (Å²) in [5.74, 6) is -1.36. The van der Waals surface area contributed by atoms with Crippen molar-refractivity contribution in [3.05, 3.63) is 23.0 Å². The second-order valence-corrected chi connectivity index (χ2v) is 4.16. The predicted octanol–water partition coefficient (Wildman–Crippen LogP) is 1.03. The number of nitrogens with zero attached hydrogens (tertiary/aromatic N) is 3. The zero-order valence-corrected chi connectivity index (χ0v) is 11.0. The van der Waals surface area contributed by atoms with E-state index in [1.54, 1.807) is 26.8 Å². The summed E-state index contributed by atoms with van der Waals surface area (Å²) in [5.41, 5.74) is 1.52. The molecule has 0 spiro atoms. The van der Waals surface area contributed by atoms with E-state index in [-0.39, 0.29) is 5.91 Å². The van der Waals surface area contributed by atoms with E-state index in [2.05, 4.69) is 10.2 Å². The molecule has 1 amide bonds. The molecule has 1 N–H and O–H groups in total. The number of carboxylic acid groups (broad SMARTS) is 1. The maximum Gasteiger partial charge on any atom is 0.326 e. The van der Waals surface area contributed by atoms with Crippen LogP contribution in [0.3, 0.4) is 0 Å². The number of carbonyl (C=O) groups is 2. The molecule has 0 saturated carbocycles. The maximum absolute atomic E-state index is 12.2. The van der Waals surface area contributed by atoms with Crippen LogP contribution in [0.25, 0.3) is 0 Å². The first-order chi connectivity index (χ1) is 8.38. The molecule has 0 fully saturated rings. The molecule has 0 bridgehead atoms. The average molecular weight is 251 g/mol. The minimum Gasteiger partial charge on any atom is -0.480 e. The molecular formula is C12H17N3O3. The van der Waals surface area contributed by atoms with Gasteiger partial charge < -0.3 is 10.0 Å². The number of rotatable bonds is 4. The van der Waals surface area contributed by atoms with Gasteiger partial charge in [0.1, 0.15) is 6.04 Å². The second kappa shape index (κ2) is 5.57. The zero-order chi connectivity index (χ0) is 13.9. The number of aromatic nitrogens is 2. The summed E-state index contributed by atoms with van der Waals surface area (Å²) in [6, 6.07) is 0.792. The summed E-state index contributed by atoms with van der Waals surface area (Å²) >= 11 is 0. The van der Waals surface area contributed by atoms with Crippen LogP contribution in [0.2, 0.25) is 0 Å². The molecule has 18 heavy (non-hydrogen) atoms. The van der Waals surface area contributed by atoms with E-state index in [0.29, 0.717) is 23.4 Å². The highest BCUT2D eigenvalue weighted by molar-refractivity contribution is 5.97. The predicted molar refractivity (Wildman–Crippen MR) is 65.3 cm³/mol. The number of hydrogen-bond donors (Lipinski definition) is 1. The Labute approximate surface area is 106 Å². The molecule has 1 unspecified atom stereocenters. The van der Waals surface area contributed by atoms with Crippen LogP contribution in [0, 0.1) is 13.8 Å². The number of amides is 1. The Kier molecular flexibility index (Phi) is 4.36. The normalized spacial score (nSPS) is 12.0. The molecule has 0 aliphatic heterocycles. The minimum absolute atomic E-state index is 0.347. The van der Waals surface area contributed by atoms with Gasteiger partial charge in [0, 0.05) is 7.05 Å². The Morgan fingerprint density at radius 1 is 1.39 bits per heavy atom. The number of hydrogen-bond acceptors (Lipinski definition) is 4. The molecule has 0 saturated heterocycles. The monoisotopic (exact) mass is 251 g/mol. The van der Waals surface area contributed by atoms with E-state index in [4.69, 9.17) is 5.11 Å². The van der Waals surface area contributed by atoms with Gasteiger partial charge in [-0.05, 0) is 26.3 Å². The van der Waals surface area contributed by atoms with E-state index in [1.165, 1.54) is 11.9 Å². The van der Waals surface area contributed by atoms with E-state index >= 15 is 0 Å². The highest BCUT2D eigenvalue weighted by Crippen LogP contribution is 2.12. The first-order valence-corrected chi connectivity index (χ1v) is 5.69. The summed E-state index contributed by atoms with van der Waals surface area (Å²) < 4.78 is 0. The summed E-state index contributed by atoms with van der Waals surface area (Å²) in [7, 11) is 1.49. The SMILES string of the molecule is CCC(C(=O)O)N(C)C(=O)c1cc(C)nnc1C. The Hall–Kier alpha value is -1.98. The van der Waals surface area contributed by atoms with Crippen LogP contribution in [0.5, 0.6) is 0 Å². The van der Waals surface area contributed by atoms with Crippen molar-refractivity contribution in [2.75, 3.05) is 7.05 Å². The Bertz CT molecular complexity index is 474. The van der Waals surface area contributed by atoms with Crippen LogP contribution < -0.4 is 0 Å². The Morgan fingerprint density at radius 2 is 2.00 bits per heavy atom. The van der Waals surface area contributed by atoms with Crippen molar-refractivity contribution in [1.29, 1.82) is 0 Å². The Balaban J connectivity index is 3.06. The lowest BCUT2D eigenvalue weighted by Crippen LogP contribution is -2.42. The smallest absolute Gasteiger partial charge is 0.326 e. The van der Waals surface area contributed by atoms with Crippen LogP contribution in [0.1, 0.15) is 35.1 Å². The molecular weight excluding hydrogens is 234 g/mol. The van der Waals surface area contributed by atoms with E-state index in [9.17, 15) is 9.59 Å². The van der Waals surface area contributed by atoms with Gasteiger partial charge in [0.15, 0.2) is 0 Å². The van der Waals surface area contributed by atoms with Gasteiger partial charge in [-0.25, -0.2) is 4.79 Å². The zero-order valence-electron chi connectivity index (χ0n) is 11.0. The third kappa shape index (κ3) is 2.82. The fraction of sp³-hybridized carbons (Fsp3) is 0.500. The van der Waals surface area contributed by atoms with Crippen molar-refractivity contribution in [2.45, 2.75) is 33.2 Å². The maximum atomic E-state index is 12.2. The van der Waals surface area contributed by atoms with E-state index < -0.39 is 12.0 Å². The highest BCUT2D eigenvalue weighted by atomic mass is 16.4. The van der Waals surface area contributed by atoms with Crippen molar-refractivity contribution >= 4 is 11.9 Å². The van der Waals surface area contributed by atoms with Crippen molar-refractivity contribution in [1.82, 2.24) is 15.1 Å². The summed E-state index contributed by atoms with van der Waals surface area (Å²) in [6.07, 6.45) is 0.355. The van der Waals surface area contributed by atoms with Crippen molar-refractivity contribution in [2.24, 2.45) is 0 Å². The molecule has 0 aromatic carbocycles. The van der Waals surface area contributed by atoms with Gasteiger partial charge >= 0.3 is 5.97 Å². The van der Waals surface area contributed by atoms with Crippen molar-refractivity contribution in [3.63, 3.8) is 0 Å². The van der Waals surface area contributed by atoms with Gasteiger partial charge in [0.05, 0.1) is 17.0 Å². The number of carboxylic acids is 1. The second-order valence-electron chi connectivity index (χ2n) is 4.16. The molecule has 6 nitrogen and oxygen atoms in total. The first kappa shape index (κ1) is 14.1. The third-order valence-electron chi connectivity index (χ3n) is 2.79. The fourth-order valence-electron chi connectivity index (χ4n) is 1.71. The number of carbonyl (C=O) groups excluding carboxylic acids is 1. The molecule has 0 aliphatic carbocycles. The number of likely N-dealkylation sites (N-methyl/N-ethyl adjacent to an activating group) is 1. The first-order valence-electron chi connectivity index (χ1n) is 5.69. The molecule has 1 atom stereocenters. The van der Waals surface area contributed by atoms with Gasteiger partial charge in [-0.2, -0.15) is 10.2 Å². The lowest BCUT2D eigenvalue weighted by molar-refractivity contribution is -0.142. The molecule has 1 rings (SSSR count). The minimum atomic E-state index is -1.01. The van der Waals surface area contributed by atoms with Crippen LogP contribution in [0.4, 0.5) is 0 Å². The molecule has 6 heteroatoms. The van der Waals surface area contributed by atoms with Crippen LogP contribution >= 0.6 is 0 Å². The average Bonchev–Trinajstić information content (AvgIpc) is 2.31. The molecule has 0 aliphatic rings. The molecule has 0 radical (unpaired) electrons. The standard InChI is InChI=1S/C12H17N3O3/c1-5-10(12(17)18)15(4)11(16)9-6-7(2)13-14-8(9)3/h6,10H,5H2,1-4H3,(H,17,18). The van der Waals surface area contributed by atoms with Gasteiger partial charge in [0.25, 0.3) is 5.91 Å². The topological polar surface area (TPSA) is 83.4 Å². The lowest BCUT2D eigenvalue weighted by atomic mass is 10.1. The molecule has 1 heterocycles. The molecule has 1 aromatic rings. The van der Waals surface area contributed by atoms with E-state index in [0.717, 1.165) is 0 Å². The van der Waals surface area contributed by atoms with Crippen LogP contribution in [0.15, 0.2) is 6.07 Å². The summed E-state index contributed by atoms with van der Waals surface area (Å²) in [4.78, 5) is 24.5. The summed E-state index contributed by atoms with van der Waals surface area (Å²) in [6.45, 7) is 5.14.